The third-order valence-corrected chi connectivity index (χ3v) is 4.33. The van der Waals surface area contributed by atoms with Gasteiger partial charge >= 0.3 is 0 Å². The number of nitrogens with zero attached hydrogens (tertiary/aromatic N) is 2. The largest absolute Gasteiger partial charge is 0.342 e. The number of imidazole rings is 1. The first-order valence-electron chi connectivity index (χ1n) is 7.55. The van der Waals surface area contributed by atoms with Crippen LogP contribution in [0.5, 0.6) is 0 Å². The Morgan fingerprint density at radius 1 is 1.38 bits per heavy atom. The van der Waals surface area contributed by atoms with Crippen molar-refractivity contribution < 1.29 is 22.1 Å². The van der Waals surface area contributed by atoms with Gasteiger partial charge in [-0.2, -0.15) is 8.42 Å². The molecule has 0 unspecified atom stereocenters. The average molecular weight is 352 g/mol. The lowest BCUT2D eigenvalue weighted by Crippen LogP contribution is -2.34. The zero-order valence-electron chi connectivity index (χ0n) is 13.6. The predicted molar refractivity (Wildman–Crippen MR) is 86.7 cm³/mol. The van der Waals surface area contributed by atoms with Gasteiger partial charge in [-0.3, -0.25) is 4.18 Å². The lowest BCUT2D eigenvalue weighted by Gasteiger charge is -2.29. The van der Waals surface area contributed by atoms with Crippen LogP contribution < -0.4 is 0 Å². The van der Waals surface area contributed by atoms with Crippen LogP contribution >= 0.6 is 0 Å². The molecule has 0 bridgehead atoms. The van der Waals surface area contributed by atoms with E-state index < -0.39 is 22.0 Å². The number of aryl methyl sites for hydroxylation is 1. The zero-order chi connectivity index (χ0) is 17.2. The molecule has 2 heterocycles. The van der Waals surface area contributed by atoms with E-state index >= 15 is 0 Å². The second kappa shape index (κ2) is 6.64. The molecule has 1 saturated heterocycles. The molecular weight excluding hydrogens is 332 g/mol. The lowest BCUT2D eigenvalue weighted by atomic mass is 10.0. The van der Waals surface area contributed by atoms with E-state index in [0.29, 0.717) is 6.54 Å². The van der Waals surface area contributed by atoms with Crippen molar-refractivity contribution in [3.05, 3.63) is 54.1 Å². The van der Waals surface area contributed by atoms with Gasteiger partial charge in [0.2, 0.25) is 5.79 Å². The summed E-state index contributed by atoms with van der Waals surface area (Å²) in [7, 11) is -3.52. The van der Waals surface area contributed by atoms with Crippen molar-refractivity contribution in [1.29, 1.82) is 0 Å². The summed E-state index contributed by atoms with van der Waals surface area (Å²) in [6, 6.07) is 7.87. The predicted octanol–water partition coefficient (Wildman–Crippen LogP) is 1.44. The molecule has 1 aliphatic heterocycles. The molecule has 0 radical (unpaired) electrons. The monoisotopic (exact) mass is 352 g/mol. The van der Waals surface area contributed by atoms with E-state index in [-0.39, 0.29) is 13.2 Å². The van der Waals surface area contributed by atoms with Gasteiger partial charge < -0.3 is 14.0 Å². The van der Waals surface area contributed by atoms with Crippen molar-refractivity contribution >= 4 is 10.1 Å². The summed E-state index contributed by atoms with van der Waals surface area (Å²) in [6.45, 7) is 2.59. The first kappa shape index (κ1) is 17.1. The van der Waals surface area contributed by atoms with E-state index in [1.807, 2.05) is 42.0 Å². The second-order valence-corrected chi connectivity index (χ2v) is 7.54. The highest BCUT2D eigenvalue weighted by Gasteiger charge is 2.44. The third-order valence-electron chi connectivity index (χ3n) is 3.77. The number of rotatable bonds is 6. The minimum absolute atomic E-state index is 0.0730. The molecule has 0 N–H and O–H groups in total. The highest BCUT2D eigenvalue weighted by molar-refractivity contribution is 7.85. The number of ether oxygens (including phenoxy) is 2. The maximum atomic E-state index is 11.2. The molecule has 24 heavy (non-hydrogen) atoms. The summed E-state index contributed by atoms with van der Waals surface area (Å²) in [5.74, 6) is -1.00. The van der Waals surface area contributed by atoms with Crippen LogP contribution in [0.4, 0.5) is 0 Å². The van der Waals surface area contributed by atoms with Gasteiger partial charge in [-0.05, 0) is 6.92 Å². The zero-order valence-corrected chi connectivity index (χ0v) is 14.4. The molecule has 0 aliphatic carbocycles. The van der Waals surface area contributed by atoms with E-state index in [1.54, 1.807) is 12.5 Å². The summed E-state index contributed by atoms with van der Waals surface area (Å²) in [5, 5.41) is 0. The molecule has 0 spiro atoms. The molecule has 8 heteroatoms. The smallest absolute Gasteiger partial charge is 0.264 e. The van der Waals surface area contributed by atoms with Crippen molar-refractivity contribution in [2.24, 2.45) is 0 Å². The fourth-order valence-electron chi connectivity index (χ4n) is 2.60. The van der Waals surface area contributed by atoms with Gasteiger partial charge in [0.05, 0.1) is 32.3 Å². The van der Waals surface area contributed by atoms with Gasteiger partial charge in [0.15, 0.2) is 0 Å². The van der Waals surface area contributed by atoms with Crippen LogP contribution in [0.1, 0.15) is 11.1 Å². The molecule has 1 fully saturated rings. The first-order valence-corrected chi connectivity index (χ1v) is 9.37. The Balaban J connectivity index is 1.82. The van der Waals surface area contributed by atoms with Gasteiger partial charge in [-0.15, -0.1) is 0 Å². The van der Waals surface area contributed by atoms with Crippen LogP contribution in [-0.4, -0.2) is 43.5 Å². The molecule has 0 amide bonds. The number of aromatic nitrogens is 2. The van der Waals surface area contributed by atoms with E-state index in [2.05, 4.69) is 4.98 Å². The third kappa shape index (κ3) is 4.02. The number of hydrogen-bond acceptors (Lipinski definition) is 6. The molecule has 2 atom stereocenters. The summed E-state index contributed by atoms with van der Waals surface area (Å²) in [6.07, 6.45) is 5.74. The number of hydrogen-bond donors (Lipinski definition) is 0. The summed E-state index contributed by atoms with van der Waals surface area (Å²) in [5.41, 5.74) is 2.00. The summed E-state index contributed by atoms with van der Waals surface area (Å²) >= 11 is 0. The van der Waals surface area contributed by atoms with Crippen molar-refractivity contribution in [3.8, 4) is 0 Å². The van der Waals surface area contributed by atoms with Gasteiger partial charge in [0.1, 0.15) is 6.10 Å². The molecule has 0 saturated carbocycles. The minimum atomic E-state index is -3.52. The van der Waals surface area contributed by atoms with E-state index in [0.717, 1.165) is 17.4 Å². The van der Waals surface area contributed by atoms with Crippen molar-refractivity contribution in [2.45, 2.75) is 25.4 Å². The molecule has 7 nitrogen and oxygen atoms in total. The van der Waals surface area contributed by atoms with Crippen molar-refractivity contribution in [2.75, 3.05) is 19.5 Å². The van der Waals surface area contributed by atoms with Crippen LogP contribution in [-0.2, 0) is 36.1 Å². The second-order valence-electron chi connectivity index (χ2n) is 5.89. The molecule has 1 aromatic heterocycles. The molecule has 2 aromatic rings. The molecule has 3 rings (SSSR count). The van der Waals surface area contributed by atoms with Crippen molar-refractivity contribution in [1.82, 2.24) is 9.55 Å². The Morgan fingerprint density at radius 3 is 2.75 bits per heavy atom. The molecular formula is C16H20N2O5S. The van der Waals surface area contributed by atoms with Crippen LogP contribution in [0.15, 0.2) is 43.0 Å². The SMILES string of the molecule is Cc1ccc([C@@]2(Cn3ccnc3)OC[C@@H](COS(C)(=O)=O)O2)cc1. The Hall–Kier alpha value is -1.74. The summed E-state index contributed by atoms with van der Waals surface area (Å²) < 4.78 is 41.1. The molecule has 1 aromatic carbocycles. The fourth-order valence-corrected chi connectivity index (χ4v) is 3.00. The van der Waals surface area contributed by atoms with E-state index in [9.17, 15) is 8.42 Å². The molecule has 1 aliphatic rings. The molecule has 130 valence electrons. The maximum Gasteiger partial charge on any atom is 0.264 e. The van der Waals surface area contributed by atoms with Crippen LogP contribution in [0.2, 0.25) is 0 Å². The minimum Gasteiger partial charge on any atom is -0.342 e. The first-order chi connectivity index (χ1) is 11.4. The fraction of sp³-hybridized carbons (Fsp3) is 0.438. The quantitative estimate of drug-likeness (QED) is 0.732. The van der Waals surface area contributed by atoms with E-state index in [1.165, 1.54) is 0 Å². The van der Waals surface area contributed by atoms with Crippen molar-refractivity contribution in [3.63, 3.8) is 0 Å². The van der Waals surface area contributed by atoms with E-state index in [4.69, 9.17) is 13.7 Å². The van der Waals surface area contributed by atoms with Gasteiger partial charge in [-0.25, -0.2) is 4.98 Å². The number of benzene rings is 1. The summed E-state index contributed by atoms with van der Waals surface area (Å²) in [4.78, 5) is 4.04. The lowest BCUT2D eigenvalue weighted by molar-refractivity contribution is -0.189. The Bertz CT molecular complexity index is 773. The van der Waals surface area contributed by atoms with Crippen LogP contribution in [0.3, 0.4) is 0 Å². The van der Waals surface area contributed by atoms with Gasteiger partial charge in [0, 0.05) is 18.0 Å². The van der Waals surface area contributed by atoms with Gasteiger partial charge in [0.25, 0.3) is 10.1 Å². The highest BCUT2D eigenvalue weighted by atomic mass is 32.2. The average Bonchev–Trinajstić information content (AvgIpc) is 3.16. The van der Waals surface area contributed by atoms with Crippen LogP contribution in [0, 0.1) is 6.92 Å². The van der Waals surface area contributed by atoms with Crippen LogP contribution in [0.25, 0.3) is 0 Å². The normalized spacial score (nSPS) is 24.3. The Labute approximate surface area is 141 Å². The van der Waals surface area contributed by atoms with Gasteiger partial charge in [-0.1, -0.05) is 29.8 Å². The standard InChI is InChI=1S/C16H20N2O5S/c1-13-3-5-14(6-4-13)16(11-18-8-7-17-12-18)21-9-15(23-16)10-22-24(2,19)20/h3-8,12,15H,9-11H2,1-2H3/t15-,16-/m0/s1. The Morgan fingerprint density at radius 2 is 2.12 bits per heavy atom. The maximum absolute atomic E-state index is 11.2. The highest BCUT2D eigenvalue weighted by Crippen LogP contribution is 2.36. The topological polar surface area (TPSA) is 79.7 Å². The Kier molecular flexibility index (Phi) is 4.73.